The van der Waals surface area contributed by atoms with Gasteiger partial charge in [-0.25, -0.2) is 0 Å². The summed E-state index contributed by atoms with van der Waals surface area (Å²) in [5.41, 5.74) is 1.66. The van der Waals surface area contributed by atoms with E-state index in [4.69, 9.17) is 17.0 Å². The second-order valence-corrected chi connectivity index (χ2v) is 5.05. The summed E-state index contributed by atoms with van der Waals surface area (Å²) in [6, 6.07) is 3.75. The number of hydrogen-bond acceptors (Lipinski definition) is 3. The molecule has 0 bridgehead atoms. The van der Waals surface area contributed by atoms with Crippen LogP contribution in [0.4, 0.5) is 0 Å². The van der Waals surface area contributed by atoms with Gasteiger partial charge in [-0.2, -0.15) is 4.98 Å². The van der Waals surface area contributed by atoms with Crippen molar-refractivity contribution in [2.24, 2.45) is 0 Å². The Balaban J connectivity index is 2.81. The number of fused-ring (bicyclic) bond motifs is 1. The number of aromatic amines is 1. The van der Waals surface area contributed by atoms with Gasteiger partial charge in [-0.15, -0.1) is 0 Å². The van der Waals surface area contributed by atoms with Gasteiger partial charge in [0.1, 0.15) is 0 Å². The molecule has 0 aliphatic rings. The van der Waals surface area contributed by atoms with Crippen molar-refractivity contribution in [2.75, 3.05) is 7.11 Å². The summed E-state index contributed by atoms with van der Waals surface area (Å²) in [5.74, 6) is 0.597. The number of methoxy groups -OCH3 is 1. The summed E-state index contributed by atoms with van der Waals surface area (Å²) in [6.45, 7) is 6.28. The lowest BCUT2D eigenvalue weighted by atomic mass is 10.1. The molecule has 0 aliphatic carbocycles. The molecule has 0 fully saturated rings. The van der Waals surface area contributed by atoms with Crippen molar-refractivity contribution in [3.63, 3.8) is 0 Å². The molecule has 4 nitrogen and oxygen atoms in total. The van der Waals surface area contributed by atoms with Gasteiger partial charge in [-0.1, -0.05) is 0 Å². The van der Waals surface area contributed by atoms with Gasteiger partial charge in [0.15, 0.2) is 10.4 Å². The van der Waals surface area contributed by atoms with Gasteiger partial charge in [-0.05, 0) is 39.1 Å². The van der Waals surface area contributed by atoms with Crippen LogP contribution in [0, 0.1) is 4.77 Å². The second-order valence-electron chi connectivity index (χ2n) is 4.66. The van der Waals surface area contributed by atoms with Gasteiger partial charge < -0.3 is 9.72 Å². The summed E-state index contributed by atoms with van der Waals surface area (Å²) >= 11 is 5.31. The van der Waals surface area contributed by atoms with E-state index in [1.807, 2.05) is 16.7 Å². The Bertz CT molecular complexity index is 577. The number of hydrogen-bond donors (Lipinski definition) is 1. The molecule has 2 aromatic heterocycles. The predicted molar refractivity (Wildman–Crippen MR) is 66.5 cm³/mol. The Morgan fingerprint density at radius 2 is 2.06 bits per heavy atom. The normalized spacial score (nSPS) is 12.0. The van der Waals surface area contributed by atoms with Crippen LogP contribution < -0.4 is 4.74 Å². The predicted octanol–water partition coefficient (Wildman–Crippen LogP) is 2.86. The minimum absolute atomic E-state index is 0.102. The molecule has 2 rings (SSSR count). The van der Waals surface area contributed by atoms with Gasteiger partial charge in [0.2, 0.25) is 5.88 Å². The van der Waals surface area contributed by atoms with Crippen LogP contribution in [0.5, 0.6) is 5.88 Å². The molecule has 86 valence electrons. The highest BCUT2D eigenvalue weighted by Crippen LogP contribution is 2.23. The standard InChI is InChI=1S/C11H15N3OS/c1-11(2,3)14-9-7(12-10(14)16)5-6-8(13-9)15-4/h5-6H,1-4H3,(H,12,16). The SMILES string of the molecule is COc1ccc2[nH]c(=S)n(C(C)(C)C)c2n1. The number of H-pyrrole nitrogens is 1. The average molecular weight is 237 g/mol. The number of ether oxygens (including phenoxy) is 1. The highest BCUT2D eigenvalue weighted by molar-refractivity contribution is 7.71. The first-order valence-electron chi connectivity index (χ1n) is 5.10. The zero-order chi connectivity index (χ0) is 11.9. The molecule has 0 aliphatic heterocycles. The van der Waals surface area contributed by atoms with Gasteiger partial charge in [0.05, 0.1) is 12.6 Å². The maximum atomic E-state index is 5.31. The Labute approximate surface area is 99.3 Å². The van der Waals surface area contributed by atoms with E-state index in [9.17, 15) is 0 Å². The van der Waals surface area contributed by atoms with Crippen LogP contribution in [0.3, 0.4) is 0 Å². The lowest BCUT2D eigenvalue weighted by molar-refractivity contribution is 0.388. The molecule has 0 amide bonds. The van der Waals surface area contributed by atoms with E-state index in [1.165, 1.54) is 0 Å². The monoisotopic (exact) mass is 237 g/mol. The van der Waals surface area contributed by atoms with Crippen LogP contribution >= 0.6 is 12.2 Å². The number of rotatable bonds is 1. The highest BCUT2D eigenvalue weighted by Gasteiger charge is 2.18. The molecule has 0 saturated heterocycles. The van der Waals surface area contributed by atoms with Crippen molar-refractivity contribution < 1.29 is 4.74 Å². The van der Waals surface area contributed by atoms with Crippen molar-refractivity contribution >= 4 is 23.4 Å². The molecule has 0 saturated carbocycles. The number of aromatic nitrogens is 3. The average Bonchev–Trinajstić information content (AvgIpc) is 2.51. The van der Waals surface area contributed by atoms with E-state index >= 15 is 0 Å². The molecular weight excluding hydrogens is 222 g/mol. The van der Waals surface area contributed by atoms with Gasteiger partial charge >= 0.3 is 0 Å². The fourth-order valence-electron chi connectivity index (χ4n) is 1.70. The lowest BCUT2D eigenvalue weighted by Crippen LogP contribution is -2.22. The van der Waals surface area contributed by atoms with Gasteiger partial charge in [0, 0.05) is 11.6 Å². The molecule has 0 unspecified atom stereocenters. The Morgan fingerprint density at radius 1 is 1.38 bits per heavy atom. The number of nitrogens with one attached hydrogen (secondary N) is 1. The first-order valence-corrected chi connectivity index (χ1v) is 5.50. The highest BCUT2D eigenvalue weighted by atomic mass is 32.1. The molecule has 0 radical (unpaired) electrons. The molecule has 2 heterocycles. The first kappa shape index (κ1) is 11.1. The number of imidazole rings is 1. The molecule has 0 aromatic carbocycles. The molecule has 5 heteroatoms. The van der Waals surface area contributed by atoms with E-state index in [1.54, 1.807) is 7.11 Å². The zero-order valence-electron chi connectivity index (χ0n) is 9.87. The maximum absolute atomic E-state index is 5.31. The first-order chi connectivity index (χ1) is 7.43. The smallest absolute Gasteiger partial charge is 0.215 e. The molecule has 16 heavy (non-hydrogen) atoms. The Kier molecular flexibility index (Phi) is 2.50. The molecule has 2 aromatic rings. The Morgan fingerprint density at radius 3 is 2.62 bits per heavy atom. The lowest BCUT2D eigenvalue weighted by Gasteiger charge is -2.21. The largest absolute Gasteiger partial charge is 0.481 e. The summed E-state index contributed by atoms with van der Waals surface area (Å²) in [7, 11) is 1.61. The fourth-order valence-corrected chi connectivity index (χ4v) is 2.17. The van der Waals surface area contributed by atoms with Crippen LogP contribution in [0.15, 0.2) is 12.1 Å². The van der Waals surface area contributed by atoms with E-state index in [0.29, 0.717) is 10.7 Å². The summed E-state index contributed by atoms with van der Waals surface area (Å²) in [4.78, 5) is 7.57. The van der Waals surface area contributed by atoms with Crippen molar-refractivity contribution in [1.29, 1.82) is 0 Å². The molecule has 1 N–H and O–H groups in total. The van der Waals surface area contributed by atoms with E-state index in [2.05, 4.69) is 30.7 Å². The van der Waals surface area contributed by atoms with E-state index in [0.717, 1.165) is 11.2 Å². The minimum Gasteiger partial charge on any atom is -0.481 e. The van der Waals surface area contributed by atoms with Crippen molar-refractivity contribution in [1.82, 2.24) is 14.5 Å². The topological polar surface area (TPSA) is 42.8 Å². The van der Waals surface area contributed by atoms with Crippen molar-refractivity contribution in [3.8, 4) is 5.88 Å². The van der Waals surface area contributed by atoms with Crippen molar-refractivity contribution in [3.05, 3.63) is 16.9 Å². The zero-order valence-corrected chi connectivity index (χ0v) is 10.7. The number of nitrogens with zero attached hydrogens (tertiary/aromatic N) is 2. The fraction of sp³-hybridized carbons (Fsp3) is 0.455. The summed E-state index contributed by atoms with van der Waals surface area (Å²) in [5, 5.41) is 0. The second kappa shape index (κ2) is 3.59. The molecule has 0 atom stereocenters. The summed E-state index contributed by atoms with van der Waals surface area (Å²) in [6.07, 6.45) is 0. The van der Waals surface area contributed by atoms with E-state index < -0.39 is 0 Å². The van der Waals surface area contributed by atoms with Gasteiger partial charge in [0.25, 0.3) is 0 Å². The third-order valence-electron chi connectivity index (χ3n) is 2.39. The Hall–Kier alpha value is -1.36. The van der Waals surface area contributed by atoms with Gasteiger partial charge in [-0.3, -0.25) is 4.57 Å². The van der Waals surface area contributed by atoms with Crippen LogP contribution in [0.25, 0.3) is 11.2 Å². The van der Waals surface area contributed by atoms with Crippen LogP contribution in [-0.4, -0.2) is 21.6 Å². The number of pyridine rings is 1. The van der Waals surface area contributed by atoms with Crippen molar-refractivity contribution in [2.45, 2.75) is 26.3 Å². The molecular formula is C11H15N3OS. The maximum Gasteiger partial charge on any atom is 0.215 e. The van der Waals surface area contributed by atoms with Crippen LogP contribution in [0.1, 0.15) is 20.8 Å². The minimum atomic E-state index is -0.102. The summed E-state index contributed by atoms with van der Waals surface area (Å²) < 4.78 is 7.81. The van der Waals surface area contributed by atoms with Crippen LogP contribution in [-0.2, 0) is 5.54 Å². The van der Waals surface area contributed by atoms with Crippen LogP contribution in [0.2, 0.25) is 0 Å². The third kappa shape index (κ3) is 1.71. The van der Waals surface area contributed by atoms with E-state index in [-0.39, 0.29) is 5.54 Å². The third-order valence-corrected chi connectivity index (χ3v) is 2.67. The quantitative estimate of drug-likeness (QED) is 0.775. The molecule has 0 spiro atoms.